The van der Waals surface area contributed by atoms with Crippen molar-refractivity contribution < 1.29 is 9.53 Å². The molecule has 0 spiro atoms. The number of benzene rings is 1. The van der Waals surface area contributed by atoms with Gasteiger partial charge in [0.2, 0.25) is 11.9 Å². The second-order valence-electron chi connectivity index (χ2n) is 5.67. The monoisotopic (exact) mass is 364 g/mol. The molecule has 0 fully saturated rings. The van der Waals surface area contributed by atoms with E-state index >= 15 is 0 Å². The predicted molar refractivity (Wildman–Crippen MR) is 97.7 cm³/mol. The van der Waals surface area contributed by atoms with Crippen LogP contribution >= 0.6 is 11.6 Å². The minimum absolute atomic E-state index is 0.151. The van der Waals surface area contributed by atoms with Gasteiger partial charge >= 0.3 is 0 Å². The number of hydrogen-bond donors (Lipinski definition) is 1. The van der Waals surface area contributed by atoms with Gasteiger partial charge in [-0.25, -0.2) is 0 Å². The Morgan fingerprint density at radius 1 is 1.12 bits per heavy atom. The Morgan fingerprint density at radius 3 is 2.24 bits per heavy atom. The standard InChI is InChI=1S/C16H21ClN6O2/c1-22(2)15-19-13(20-16(21-15)23(3)4)9-18-14(24)11-8-10(17)6-7-12(11)25-5/h6-8H,9H2,1-5H3,(H,18,24). The van der Waals surface area contributed by atoms with E-state index in [2.05, 4.69) is 20.3 Å². The molecule has 2 rings (SSSR count). The average molecular weight is 365 g/mol. The first-order valence-electron chi connectivity index (χ1n) is 7.53. The molecule has 0 unspecified atom stereocenters. The van der Waals surface area contributed by atoms with Gasteiger partial charge in [0.25, 0.3) is 5.91 Å². The van der Waals surface area contributed by atoms with Gasteiger partial charge in [0.05, 0.1) is 19.2 Å². The third kappa shape index (κ3) is 4.69. The third-order valence-electron chi connectivity index (χ3n) is 3.27. The summed E-state index contributed by atoms with van der Waals surface area (Å²) in [6, 6.07) is 4.87. The third-order valence-corrected chi connectivity index (χ3v) is 3.51. The Kier molecular flexibility index (Phi) is 5.97. The Morgan fingerprint density at radius 2 is 1.72 bits per heavy atom. The molecule has 2 aromatic rings. The van der Waals surface area contributed by atoms with Gasteiger partial charge in [-0.05, 0) is 18.2 Å². The number of aromatic nitrogens is 3. The van der Waals surface area contributed by atoms with Crippen molar-refractivity contribution in [2.24, 2.45) is 0 Å². The van der Waals surface area contributed by atoms with Crippen molar-refractivity contribution in [3.63, 3.8) is 0 Å². The molecular formula is C16H21ClN6O2. The molecule has 1 aromatic heterocycles. The maximum absolute atomic E-state index is 12.4. The molecule has 0 aliphatic rings. The molecule has 0 aliphatic carbocycles. The number of rotatable bonds is 6. The van der Waals surface area contributed by atoms with Gasteiger partial charge in [0.15, 0.2) is 5.82 Å². The van der Waals surface area contributed by atoms with Crippen molar-refractivity contribution in [2.75, 3.05) is 45.1 Å². The Hall–Kier alpha value is -2.61. The van der Waals surface area contributed by atoms with Crippen LogP contribution in [0, 0.1) is 0 Å². The van der Waals surface area contributed by atoms with Gasteiger partial charge in [-0.2, -0.15) is 15.0 Å². The van der Waals surface area contributed by atoms with E-state index in [1.165, 1.54) is 7.11 Å². The summed E-state index contributed by atoms with van der Waals surface area (Å²) in [7, 11) is 8.86. The van der Waals surface area contributed by atoms with E-state index in [-0.39, 0.29) is 12.5 Å². The number of carbonyl (C=O) groups is 1. The minimum Gasteiger partial charge on any atom is -0.496 e. The lowest BCUT2D eigenvalue weighted by Crippen LogP contribution is -2.26. The van der Waals surface area contributed by atoms with Crippen LogP contribution in [0.5, 0.6) is 5.75 Å². The average Bonchev–Trinajstić information content (AvgIpc) is 2.59. The van der Waals surface area contributed by atoms with Crippen molar-refractivity contribution in [3.05, 3.63) is 34.6 Å². The second-order valence-corrected chi connectivity index (χ2v) is 6.10. The number of hydrogen-bond acceptors (Lipinski definition) is 7. The van der Waals surface area contributed by atoms with E-state index in [4.69, 9.17) is 16.3 Å². The number of amides is 1. The summed E-state index contributed by atoms with van der Waals surface area (Å²) in [6.45, 7) is 0.151. The smallest absolute Gasteiger partial charge is 0.255 e. The fourth-order valence-corrected chi connectivity index (χ4v) is 2.16. The van der Waals surface area contributed by atoms with Gasteiger partial charge in [-0.3, -0.25) is 4.79 Å². The zero-order valence-corrected chi connectivity index (χ0v) is 15.6. The summed E-state index contributed by atoms with van der Waals surface area (Å²) < 4.78 is 5.20. The van der Waals surface area contributed by atoms with Crippen LogP contribution in [0.4, 0.5) is 11.9 Å². The van der Waals surface area contributed by atoms with Crippen molar-refractivity contribution in [1.29, 1.82) is 0 Å². The van der Waals surface area contributed by atoms with E-state index in [0.29, 0.717) is 34.1 Å². The topological polar surface area (TPSA) is 83.5 Å². The van der Waals surface area contributed by atoms with E-state index in [1.54, 1.807) is 28.0 Å². The highest BCUT2D eigenvalue weighted by molar-refractivity contribution is 6.31. The molecule has 0 bridgehead atoms. The SMILES string of the molecule is COc1ccc(Cl)cc1C(=O)NCc1nc(N(C)C)nc(N(C)C)n1. The van der Waals surface area contributed by atoms with Crippen LogP contribution in [0.25, 0.3) is 0 Å². The maximum Gasteiger partial charge on any atom is 0.255 e. The lowest BCUT2D eigenvalue weighted by molar-refractivity contribution is 0.0947. The van der Waals surface area contributed by atoms with Crippen molar-refractivity contribution >= 4 is 29.4 Å². The van der Waals surface area contributed by atoms with Crippen LogP contribution < -0.4 is 19.9 Å². The van der Waals surface area contributed by atoms with E-state index < -0.39 is 0 Å². The fraction of sp³-hybridized carbons (Fsp3) is 0.375. The van der Waals surface area contributed by atoms with E-state index in [0.717, 1.165) is 0 Å². The molecule has 8 nitrogen and oxygen atoms in total. The molecule has 1 aromatic carbocycles. The van der Waals surface area contributed by atoms with Crippen molar-refractivity contribution in [1.82, 2.24) is 20.3 Å². The second kappa shape index (κ2) is 7.98. The highest BCUT2D eigenvalue weighted by Gasteiger charge is 2.15. The molecule has 0 saturated carbocycles. The summed E-state index contributed by atoms with van der Waals surface area (Å²) >= 11 is 5.97. The van der Waals surface area contributed by atoms with Crippen LogP contribution in [-0.2, 0) is 6.54 Å². The van der Waals surface area contributed by atoms with Crippen LogP contribution in [0.1, 0.15) is 16.2 Å². The molecule has 25 heavy (non-hydrogen) atoms. The predicted octanol–water partition coefficient (Wildman–Crippen LogP) is 1.60. The normalized spacial score (nSPS) is 10.3. The first-order chi connectivity index (χ1) is 11.8. The molecule has 134 valence electrons. The van der Waals surface area contributed by atoms with Gasteiger partial charge < -0.3 is 19.9 Å². The summed E-state index contributed by atoms with van der Waals surface area (Å²) in [5.41, 5.74) is 0.352. The number of nitrogens with zero attached hydrogens (tertiary/aromatic N) is 5. The van der Waals surface area contributed by atoms with Gasteiger partial charge in [-0.15, -0.1) is 0 Å². The summed E-state index contributed by atoms with van der Waals surface area (Å²) in [4.78, 5) is 29.0. The summed E-state index contributed by atoms with van der Waals surface area (Å²) in [6.07, 6.45) is 0. The number of ether oxygens (including phenoxy) is 1. The van der Waals surface area contributed by atoms with Crippen LogP contribution in [0.15, 0.2) is 18.2 Å². The van der Waals surface area contributed by atoms with Crippen molar-refractivity contribution in [2.45, 2.75) is 6.54 Å². The Balaban J connectivity index is 2.21. The molecule has 1 N–H and O–H groups in total. The minimum atomic E-state index is -0.322. The van der Waals surface area contributed by atoms with Crippen LogP contribution in [0.3, 0.4) is 0 Å². The largest absolute Gasteiger partial charge is 0.496 e. The molecule has 1 heterocycles. The number of methoxy groups -OCH3 is 1. The molecule has 9 heteroatoms. The number of carbonyl (C=O) groups excluding carboxylic acids is 1. The lowest BCUT2D eigenvalue weighted by atomic mass is 10.2. The molecule has 0 atom stereocenters. The number of halogens is 1. The molecular weight excluding hydrogens is 344 g/mol. The summed E-state index contributed by atoms with van der Waals surface area (Å²) in [5, 5.41) is 3.24. The number of anilines is 2. The first-order valence-corrected chi connectivity index (χ1v) is 7.91. The van der Waals surface area contributed by atoms with Crippen LogP contribution in [-0.4, -0.2) is 56.2 Å². The van der Waals surface area contributed by atoms with E-state index in [9.17, 15) is 4.79 Å². The maximum atomic E-state index is 12.4. The van der Waals surface area contributed by atoms with Gasteiger partial charge in [0, 0.05) is 33.2 Å². The highest BCUT2D eigenvalue weighted by atomic mass is 35.5. The summed E-state index contributed by atoms with van der Waals surface area (Å²) in [5.74, 6) is 1.61. The van der Waals surface area contributed by atoms with Gasteiger partial charge in [-0.1, -0.05) is 11.6 Å². The molecule has 1 amide bonds. The molecule has 0 aliphatic heterocycles. The fourth-order valence-electron chi connectivity index (χ4n) is 1.99. The zero-order chi connectivity index (χ0) is 18.6. The Bertz CT molecular complexity index is 740. The zero-order valence-electron chi connectivity index (χ0n) is 14.9. The van der Waals surface area contributed by atoms with Gasteiger partial charge in [0.1, 0.15) is 5.75 Å². The molecule has 0 saturated heterocycles. The quantitative estimate of drug-likeness (QED) is 0.833. The first kappa shape index (κ1) is 18.7. The molecule has 0 radical (unpaired) electrons. The lowest BCUT2D eigenvalue weighted by Gasteiger charge is -2.16. The van der Waals surface area contributed by atoms with Crippen LogP contribution in [0.2, 0.25) is 5.02 Å². The highest BCUT2D eigenvalue weighted by Crippen LogP contribution is 2.22. The number of nitrogens with one attached hydrogen (secondary N) is 1. The Labute approximate surface area is 151 Å². The van der Waals surface area contributed by atoms with Crippen molar-refractivity contribution in [3.8, 4) is 5.75 Å². The van der Waals surface area contributed by atoms with E-state index in [1.807, 2.05) is 28.2 Å².